The molecule has 3 rings (SSSR count). The fraction of sp³-hybridized carbons (Fsp3) is 0.231. The highest BCUT2D eigenvalue weighted by molar-refractivity contribution is 9.10. The molecule has 1 aromatic carbocycles. The minimum absolute atomic E-state index is 0.0203. The summed E-state index contributed by atoms with van der Waals surface area (Å²) in [4.78, 5) is 27.1. The lowest BCUT2D eigenvalue weighted by molar-refractivity contribution is 0.0966. The zero-order valence-corrected chi connectivity index (χ0v) is 10.6. The van der Waals surface area contributed by atoms with Crippen molar-refractivity contribution in [3.05, 3.63) is 44.7 Å². The SMILES string of the molecule is O=C(c1c[nH]c2c(Br)cccc2c1=O)C1CC1. The summed E-state index contributed by atoms with van der Waals surface area (Å²) in [6.45, 7) is 0. The average molecular weight is 292 g/mol. The minimum atomic E-state index is -0.169. The van der Waals surface area contributed by atoms with Crippen LogP contribution in [0.25, 0.3) is 10.9 Å². The molecule has 1 aliphatic rings. The van der Waals surface area contributed by atoms with E-state index in [9.17, 15) is 9.59 Å². The Labute approximate surface area is 106 Å². The van der Waals surface area contributed by atoms with Gasteiger partial charge in [-0.05, 0) is 40.9 Å². The molecule has 0 atom stereocenters. The summed E-state index contributed by atoms with van der Waals surface area (Å²) >= 11 is 3.38. The normalized spacial score (nSPS) is 15.1. The number of halogens is 1. The van der Waals surface area contributed by atoms with Gasteiger partial charge in [-0.1, -0.05) is 6.07 Å². The van der Waals surface area contributed by atoms with Crippen molar-refractivity contribution in [2.75, 3.05) is 0 Å². The van der Waals surface area contributed by atoms with E-state index in [0.29, 0.717) is 5.39 Å². The summed E-state index contributed by atoms with van der Waals surface area (Å²) in [7, 11) is 0. The molecule has 1 aliphatic carbocycles. The van der Waals surface area contributed by atoms with E-state index in [4.69, 9.17) is 0 Å². The first-order valence-electron chi connectivity index (χ1n) is 5.52. The molecule has 0 bridgehead atoms. The summed E-state index contributed by atoms with van der Waals surface area (Å²) in [5, 5.41) is 0.561. The molecule has 86 valence electrons. The zero-order chi connectivity index (χ0) is 12.0. The van der Waals surface area contributed by atoms with Crippen molar-refractivity contribution in [1.82, 2.24) is 4.98 Å². The number of fused-ring (bicyclic) bond motifs is 1. The molecular formula is C13H10BrNO2. The van der Waals surface area contributed by atoms with Crippen LogP contribution >= 0.6 is 15.9 Å². The maximum Gasteiger partial charge on any atom is 0.200 e. The van der Waals surface area contributed by atoms with Crippen molar-refractivity contribution in [1.29, 1.82) is 0 Å². The Morgan fingerprint density at radius 1 is 1.35 bits per heavy atom. The molecule has 2 aromatic rings. The van der Waals surface area contributed by atoms with Gasteiger partial charge < -0.3 is 4.98 Å². The molecular weight excluding hydrogens is 282 g/mol. The summed E-state index contributed by atoms with van der Waals surface area (Å²) in [6.07, 6.45) is 3.36. The third-order valence-corrected chi connectivity index (χ3v) is 3.74. The van der Waals surface area contributed by atoms with Gasteiger partial charge in [0.25, 0.3) is 0 Å². The third-order valence-electron chi connectivity index (χ3n) is 3.08. The maximum atomic E-state index is 12.2. The Morgan fingerprint density at radius 2 is 2.12 bits per heavy atom. The van der Waals surface area contributed by atoms with Crippen molar-refractivity contribution in [2.45, 2.75) is 12.8 Å². The quantitative estimate of drug-likeness (QED) is 0.865. The summed E-state index contributed by atoms with van der Waals surface area (Å²) < 4.78 is 0.831. The van der Waals surface area contributed by atoms with Crippen molar-refractivity contribution < 1.29 is 4.79 Å². The number of carbonyl (C=O) groups excluding carboxylic acids is 1. The molecule has 0 spiro atoms. The van der Waals surface area contributed by atoms with Gasteiger partial charge in [-0.15, -0.1) is 0 Å². The molecule has 1 saturated carbocycles. The fourth-order valence-electron chi connectivity index (χ4n) is 1.96. The van der Waals surface area contributed by atoms with Crippen LogP contribution in [0, 0.1) is 5.92 Å². The lowest BCUT2D eigenvalue weighted by Crippen LogP contribution is -2.17. The van der Waals surface area contributed by atoms with E-state index in [1.165, 1.54) is 6.20 Å². The molecule has 17 heavy (non-hydrogen) atoms. The van der Waals surface area contributed by atoms with Gasteiger partial charge in [0.15, 0.2) is 11.2 Å². The van der Waals surface area contributed by atoms with Crippen LogP contribution in [0.1, 0.15) is 23.2 Å². The van der Waals surface area contributed by atoms with Gasteiger partial charge in [0.2, 0.25) is 0 Å². The van der Waals surface area contributed by atoms with E-state index in [1.807, 2.05) is 6.07 Å². The molecule has 1 fully saturated rings. The monoisotopic (exact) mass is 291 g/mol. The highest BCUT2D eigenvalue weighted by atomic mass is 79.9. The number of nitrogens with one attached hydrogen (secondary N) is 1. The van der Waals surface area contributed by atoms with Crippen LogP contribution in [-0.2, 0) is 0 Å². The maximum absolute atomic E-state index is 12.2. The highest BCUT2D eigenvalue weighted by Crippen LogP contribution is 2.32. The summed E-state index contributed by atoms with van der Waals surface area (Å²) in [5.41, 5.74) is 0.861. The van der Waals surface area contributed by atoms with E-state index in [2.05, 4.69) is 20.9 Å². The van der Waals surface area contributed by atoms with Crippen LogP contribution in [0.3, 0.4) is 0 Å². The Kier molecular flexibility index (Phi) is 2.40. The highest BCUT2D eigenvalue weighted by Gasteiger charge is 2.32. The number of aromatic amines is 1. The van der Waals surface area contributed by atoms with Crippen LogP contribution in [-0.4, -0.2) is 10.8 Å². The molecule has 0 radical (unpaired) electrons. The summed E-state index contributed by atoms with van der Waals surface area (Å²) in [6, 6.07) is 5.40. The van der Waals surface area contributed by atoms with E-state index >= 15 is 0 Å². The van der Waals surface area contributed by atoms with Crippen LogP contribution in [0.15, 0.2) is 33.7 Å². The predicted octanol–water partition coefficient (Wildman–Crippen LogP) is 2.88. The standard InChI is InChI=1S/C13H10BrNO2/c14-10-3-1-2-8-11(10)15-6-9(13(8)17)12(16)7-4-5-7/h1-3,6-7H,4-5H2,(H,15,17). The number of hydrogen-bond donors (Lipinski definition) is 1. The zero-order valence-electron chi connectivity index (χ0n) is 9.00. The fourth-order valence-corrected chi connectivity index (χ4v) is 2.44. The molecule has 1 heterocycles. The summed E-state index contributed by atoms with van der Waals surface area (Å²) in [5.74, 6) is 0.0498. The van der Waals surface area contributed by atoms with Crippen LogP contribution in [0.5, 0.6) is 0 Å². The number of pyridine rings is 1. The topological polar surface area (TPSA) is 49.9 Å². The van der Waals surface area contributed by atoms with Gasteiger partial charge >= 0.3 is 0 Å². The first kappa shape index (κ1) is 10.7. The Morgan fingerprint density at radius 3 is 2.82 bits per heavy atom. The van der Waals surface area contributed by atoms with Crippen molar-refractivity contribution in [3.63, 3.8) is 0 Å². The lowest BCUT2D eigenvalue weighted by Gasteiger charge is -2.03. The van der Waals surface area contributed by atoms with Crippen LogP contribution < -0.4 is 5.43 Å². The van der Waals surface area contributed by atoms with Gasteiger partial charge in [0, 0.05) is 22.0 Å². The van der Waals surface area contributed by atoms with Crippen LogP contribution in [0.4, 0.5) is 0 Å². The van der Waals surface area contributed by atoms with Crippen molar-refractivity contribution in [3.8, 4) is 0 Å². The molecule has 0 aliphatic heterocycles. The Bertz CT molecular complexity index is 671. The Balaban J connectivity index is 2.26. The van der Waals surface area contributed by atoms with E-state index in [-0.39, 0.29) is 22.7 Å². The molecule has 0 saturated heterocycles. The number of hydrogen-bond acceptors (Lipinski definition) is 2. The molecule has 1 aromatic heterocycles. The minimum Gasteiger partial charge on any atom is -0.359 e. The lowest BCUT2D eigenvalue weighted by atomic mass is 10.1. The van der Waals surface area contributed by atoms with Crippen molar-refractivity contribution >= 4 is 32.6 Å². The number of rotatable bonds is 2. The van der Waals surface area contributed by atoms with Crippen LogP contribution in [0.2, 0.25) is 0 Å². The third kappa shape index (κ3) is 1.72. The average Bonchev–Trinajstić information content (AvgIpc) is 3.14. The number of ketones is 1. The predicted molar refractivity (Wildman–Crippen MR) is 69.3 cm³/mol. The van der Waals surface area contributed by atoms with Gasteiger partial charge in [0.05, 0.1) is 11.1 Å². The first-order chi connectivity index (χ1) is 8.18. The molecule has 3 nitrogen and oxygen atoms in total. The largest absolute Gasteiger partial charge is 0.359 e. The molecule has 0 unspecified atom stereocenters. The van der Waals surface area contributed by atoms with E-state index < -0.39 is 0 Å². The van der Waals surface area contributed by atoms with E-state index in [0.717, 1.165) is 22.8 Å². The molecule has 0 amide bonds. The first-order valence-corrected chi connectivity index (χ1v) is 6.32. The van der Waals surface area contributed by atoms with Crippen molar-refractivity contribution in [2.24, 2.45) is 5.92 Å². The number of aromatic nitrogens is 1. The number of para-hydroxylation sites is 1. The second-order valence-corrected chi connectivity index (χ2v) is 5.19. The number of Topliss-reactive ketones (excluding diaryl/α,β-unsaturated/α-hetero) is 1. The van der Waals surface area contributed by atoms with Gasteiger partial charge in [-0.3, -0.25) is 9.59 Å². The number of benzene rings is 1. The Hall–Kier alpha value is -1.42. The second-order valence-electron chi connectivity index (χ2n) is 4.33. The number of carbonyl (C=O) groups is 1. The van der Waals surface area contributed by atoms with Gasteiger partial charge in [0.1, 0.15) is 0 Å². The van der Waals surface area contributed by atoms with Gasteiger partial charge in [-0.2, -0.15) is 0 Å². The smallest absolute Gasteiger partial charge is 0.200 e. The second kappa shape index (κ2) is 3.81. The van der Waals surface area contributed by atoms with Gasteiger partial charge in [-0.25, -0.2) is 0 Å². The molecule has 4 heteroatoms. The molecule has 1 N–H and O–H groups in total. The number of H-pyrrole nitrogens is 1. The van der Waals surface area contributed by atoms with E-state index in [1.54, 1.807) is 12.1 Å².